The Kier molecular flexibility index (Phi) is 4.58. The highest BCUT2D eigenvalue weighted by Crippen LogP contribution is 2.26. The van der Waals surface area contributed by atoms with Gasteiger partial charge < -0.3 is 15.1 Å². The van der Waals surface area contributed by atoms with Crippen molar-refractivity contribution < 1.29 is 4.79 Å². The van der Waals surface area contributed by atoms with Gasteiger partial charge in [0.1, 0.15) is 0 Å². The van der Waals surface area contributed by atoms with Crippen molar-refractivity contribution in [3.8, 4) is 0 Å². The van der Waals surface area contributed by atoms with Crippen molar-refractivity contribution in [2.75, 3.05) is 52.9 Å². The molecule has 3 saturated heterocycles. The highest BCUT2D eigenvalue weighted by atomic mass is 16.2. The molecule has 0 radical (unpaired) electrons. The monoisotopic (exact) mass is 280 g/mol. The van der Waals surface area contributed by atoms with Gasteiger partial charge in [0.15, 0.2) is 0 Å². The molecule has 3 aliphatic rings. The van der Waals surface area contributed by atoms with E-state index in [2.05, 4.69) is 27.1 Å². The number of hydrogen-bond donors (Lipinski definition) is 1. The summed E-state index contributed by atoms with van der Waals surface area (Å²) in [5.41, 5.74) is 0. The van der Waals surface area contributed by atoms with Crippen molar-refractivity contribution >= 4 is 5.91 Å². The maximum absolute atomic E-state index is 12.8. The Bertz CT molecular complexity index is 343. The Morgan fingerprint density at radius 1 is 1.05 bits per heavy atom. The third-order valence-corrected chi connectivity index (χ3v) is 5.08. The topological polar surface area (TPSA) is 38.8 Å². The molecule has 0 spiro atoms. The number of piperazine rings is 1. The Balaban J connectivity index is 1.63. The molecule has 0 saturated carbocycles. The second-order valence-electron chi connectivity index (χ2n) is 6.53. The van der Waals surface area contributed by atoms with Gasteiger partial charge in [0.25, 0.3) is 0 Å². The minimum atomic E-state index is 0.157. The molecule has 1 amide bonds. The van der Waals surface area contributed by atoms with E-state index in [-0.39, 0.29) is 6.04 Å². The van der Waals surface area contributed by atoms with Crippen LogP contribution in [0.3, 0.4) is 0 Å². The van der Waals surface area contributed by atoms with Gasteiger partial charge in [-0.1, -0.05) is 0 Å². The van der Waals surface area contributed by atoms with Gasteiger partial charge >= 0.3 is 0 Å². The van der Waals surface area contributed by atoms with Crippen LogP contribution in [0.5, 0.6) is 0 Å². The number of rotatable bonds is 2. The van der Waals surface area contributed by atoms with E-state index in [9.17, 15) is 4.79 Å². The molecule has 3 aliphatic heterocycles. The van der Waals surface area contributed by atoms with Crippen molar-refractivity contribution in [2.45, 2.75) is 37.8 Å². The van der Waals surface area contributed by atoms with Crippen LogP contribution in [0.2, 0.25) is 0 Å². The molecule has 0 aromatic heterocycles. The minimum absolute atomic E-state index is 0.157. The first kappa shape index (κ1) is 14.3. The number of nitrogens with one attached hydrogen (secondary N) is 1. The highest BCUT2D eigenvalue weighted by molar-refractivity contribution is 5.82. The van der Waals surface area contributed by atoms with Crippen molar-refractivity contribution in [1.82, 2.24) is 20.0 Å². The predicted octanol–water partition coefficient (Wildman–Crippen LogP) is -0.0232. The van der Waals surface area contributed by atoms with Gasteiger partial charge in [-0.3, -0.25) is 9.69 Å². The van der Waals surface area contributed by atoms with Crippen LogP contribution in [0.15, 0.2) is 0 Å². The number of hydrogen-bond acceptors (Lipinski definition) is 4. The van der Waals surface area contributed by atoms with Crippen LogP contribution < -0.4 is 5.32 Å². The number of piperidine rings is 1. The van der Waals surface area contributed by atoms with E-state index < -0.39 is 0 Å². The molecule has 20 heavy (non-hydrogen) atoms. The third kappa shape index (κ3) is 3.00. The van der Waals surface area contributed by atoms with Crippen LogP contribution in [-0.4, -0.2) is 85.6 Å². The van der Waals surface area contributed by atoms with Gasteiger partial charge in [-0.05, 0) is 45.8 Å². The van der Waals surface area contributed by atoms with E-state index in [0.29, 0.717) is 11.9 Å². The number of likely N-dealkylation sites (tertiary alicyclic amines) is 2. The number of likely N-dealkylation sites (N-methyl/N-ethyl adjacent to an activating group) is 1. The summed E-state index contributed by atoms with van der Waals surface area (Å²) in [4.78, 5) is 19.8. The molecule has 0 aromatic rings. The van der Waals surface area contributed by atoms with Gasteiger partial charge in [0.2, 0.25) is 5.91 Å². The fourth-order valence-corrected chi connectivity index (χ4v) is 4.00. The maximum Gasteiger partial charge on any atom is 0.240 e. The van der Waals surface area contributed by atoms with Crippen molar-refractivity contribution in [2.24, 2.45) is 0 Å². The molecule has 2 unspecified atom stereocenters. The quantitative estimate of drug-likeness (QED) is 0.771. The Morgan fingerprint density at radius 3 is 2.55 bits per heavy atom. The maximum atomic E-state index is 12.8. The average molecular weight is 280 g/mol. The molecule has 0 aliphatic carbocycles. The summed E-state index contributed by atoms with van der Waals surface area (Å²) < 4.78 is 0. The molecule has 5 heteroatoms. The zero-order valence-electron chi connectivity index (χ0n) is 12.7. The van der Waals surface area contributed by atoms with E-state index in [1.165, 1.54) is 25.8 Å². The second kappa shape index (κ2) is 6.41. The normalized spacial score (nSPS) is 33.5. The molecule has 0 aromatic carbocycles. The Hall–Kier alpha value is -0.650. The summed E-state index contributed by atoms with van der Waals surface area (Å²) in [6.07, 6.45) is 4.77. The predicted molar refractivity (Wildman–Crippen MR) is 79.7 cm³/mol. The SMILES string of the molecule is CN1CCCC(N2CCCC2C(=O)N2CCNCC2)C1. The zero-order chi connectivity index (χ0) is 13.9. The molecule has 3 rings (SSSR count). The molecule has 0 bridgehead atoms. The summed E-state index contributed by atoms with van der Waals surface area (Å²) in [7, 11) is 2.20. The summed E-state index contributed by atoms with van der Waals surface area (Å²) in [5, 5.41) is 3.33. The first-order valence-corrected chi connectivity index (χ1v) is 8.19. The summed E-state index contributed by atoms with van der Waals surface area (Å²) >= 11 is 0. The molecule has 3 heterocycles. The smallest absolute Gasteiger partial charge is 0.240 e. The lowest BCUT2D eigenvalue weighted by Gasteiger charge is -2.40. The van der Waals surface area contributed by atoms with E-state index >= 15 is 0 Å². The molecule has 2 atom stereocenters. The summed E-state index contributed by atoms with van der Waals surface area (Å²) in [5.74, 6) is 0.386. The van der Waals surface area contributed by atoms with E-state index in [0.717, 1.165) is 45.7 Å². The van der Waals surface area contributed by atoms with Gasteiger partial charge in [-0.2, -0.15) is 0 Å². The van der Waals surface area contributed by atoms with Gasteiger partial charge in [-0.15, -0.1) is 0 Å². The van der Waals surface area contributed by atoms with Crippen molar-refractivity contribution in [3.05, 3.63) is 0 Å². The lowest BCUT2D eigenvalue weighted by Crippen LogP contribution is -2.56. The second-order valence-corrected chi connectivity index (χ2v) is 6.53. The van der Waals surface area contributed by atoms with Crippen molar-refractivity contribution in [3.63, 3.8) is 0 Å². The summed E-state index contributed by atoms with van der Waals surface area (Å²) in [6, 6.07) is 0.748. The van der Waals surface area contributed by atoms with Crippen LogP contribution in [0.1, 0.15) is 25.7 Å². The highest BCUT2D eigenvalue weighted by Gasteiger charge is 2.38. The number of carbonyl (C=O) groups is 1. The summed E-state index contributed by atoms with van der Waals surface area (Å²) in [6.45, 7) is 7.11. The van der Waals surface area contributed by atoms with Crippen molar-refractivity contribution in [1.29, 1.82) is 0 Å². The molecule has 1 N–H and O–H groups in total. The molecular formula is C15H28N4O. The number of nitrogens with zero attached hydrogens (tertiary/aromatic N) is 3. The number of carbonyl (C=O) groups excluding carboxylic acids is 1. The largest absolute Gasteiger partial charge is 0.339 e. The van der Waals surface area contributed by atoms with E-state index in [4.69, 9.17) is 0 Å². The zero-order valence-corrected chi connectivity index (χ0v) is 12.7. The van der Waals surface area contributed by atoms with Gasteiger partial charge in [0.05, 0.1) is 6.04 Å². The lowest BCUT2D eigenvalue weighted by molar-refractivity contribution is -0.137. The first-order chi connectivity index (χ1) is 9.75. The average Bonchev–Trinajstić information content (AvgIpc) is 2.97. The fraction of sp³-hybridized carbons (Fsp3) is 0.933. The molecular weight excluding hydrogens is 252 g/mol. The fourth-order valence-electron chi connectivity index (χ4n) is 4.00. The van der Waals surface area contributed by atoms with Gasteiger partial charge in [-0.25, -0.2) is 0 Å². The van der Waals surface area contributed by atoms with Crippen LogP contribution >= 0.6 is 0 Å². The molecule has 3 fully saturated rings. The standard InChI is InChI=1S/C15H28N4O/c1-17-8-2-4-13(12-17)19-9-3-5-14(19)15(20)18-10-6-16-7-11-18/h13-14,16H,2-12H2,1H3. The molecule has 114 valence electrons. The Labute approximate surface area is 122 Å². The van der Waals surface area contributed by atoms with Crippen LogP contribution in [0.4, 0.5) is 0 Å². The third-order valence-electron chi connectivity index (χ3n) is 5.08. The first-order valence-electron chi connectivity index (χ1n) is 8.19. The molecule has 5 nitrogen and oxygen atoms in total. The van der Waals surface area contributed by atoms with Crippen LogP contribution in [0, 0.1) is 0 Å². The van der Waals surface area contributed by atoms with Gasteiger partial charge in [0, 0.05) is 38.8 Å². The van der Waals surface area contributed by atoms with Crippen LogP contribution in [0.25, 0.3) is 0 Å². The Morgan fingerprint density at radius 2 is 1.80 bits per heavy atom. The van der Waals surface area contributed by atoms with E-state index in [1.807, 2.05) is 0 Å². The number of amides is 1. The minimum Gasteiger partial charge on any atom is -0.339 e. The van der Waals surface area contributed by atoms with Crippen LogP contribution in [-0.2, 0) is 4.79 Å². The lowest BCUT2D eigenvalue weighted by atomic mass is 10.0. The van der Waals surface area contributed by atoms with E-state index in [1.54, 1.807) is 0 Å².